The van der Waals surface area contributed by atoms with Crippen molar-refractivity contribution in [3.05, 3.63) is 0 Å². The van der Waals surface area contributed by atoms with E-state index in [0.717, 1.165) is 12.1 Å². The van der Waals surface area contributed by atoms with Gasteiger partial charge in [0.1, 0.15) is 0 Å². The molecule has 1 aliphatic carbocycles. The van der Waals surface area contributed by atoms with Gasteiger partial charge in [-0.3, -0.25) is 0 Å². The Kier molecular flexibility index (Phi) is 3.19. The molecule has 0 aromatic carbocycles. The molecule has 84 valence electrons. The number of nitrogens with two attached hydrogens (primary N) is 1. The van der Waals surface area contributed by atoms with Crippen molar-refractivity contribution in [2.75, 3.05) is 0 Å². The molecule has 1 saturated carbocycles. The van der Waals surface area contributed by atoms with E-state index in [4.69, 9.17) is 5.73 Å². The number of hydrogen-bond acceptors (Lipinski definition) is 3. The molecule has 15 heavy (non-hydrogen) atoms. The lowest BCUT2D eigenvalue weighted by Crippen LogP contribution is -2.34. The molecule has 0 radical (unpaired) electrons. The van der Waals surface area contributed by atoms with Crippen LogP contribution in [0.1, 0.15) is 32.6 Å². The second-order valence-corrected chi connectivity index (χ2v) is 5.99. The van der Waals surface area contributed by atoms with Crippen LogP contribution in [-0.4, -0.2) is 22.2 Å². The smallest absolute Gasteiger partial charge is 0.332 e. The lowest BCUT2D eigenvalue weighted by atomic mass is 9.97. The number of rotatable bonds is 1. The molecule has 2 rings (SSSR count). The van der Waals surface area contributed by atoms with E-state index >= 15 is 0 Å². The molecule has 0 unspecified atom stereocenters. The fourth-order valence-corrected chi connectivity index (χ4v) is 4.17. The van der Waals surface area contributed by atoms with Crippen molar-refractivity contribution < 1.29 is 4.79 Å². The zero-order chi connectivity index (χ0) is 10.8. The van der Waals surface area contributed by atoms with Crippen LogP contribution < -0.4 is 11.2 Å². The first-order chi connectivity index (χ1) is 7.16. The van der Waals surface area contributed by atoms with Crippen LogP contribution in [-0.2, 0) is 0 Å². The van der Waals surface area contributed by atoms with E-state index in [1.165, 1.54) is 19.3 Å². The van der Waals surface area contributed by atoms with Crippen LogP contribution >= 0.6 is 11.8 Å². The molecule has 3 atom stereocenters. The van der Waals surface area contributed by atoms with E-state index in [9.17, 15) is 4.79 Å². The van der Waals surface area contributed by atoms with Gasteiger partial charge in [0.15, 0.2) is 0 Å². The number of nitrogens with one attached hydrogen (secondary N) is 1. The molecule has 2 aliphatic rings. The Bertz CT molecular complexity index is 292. The molecule has 2 amide bonds. The molecule has 0 spiro atoms. The second kappa shape index (κ2) is 4.43. The molecule has 1 saturated heterocycles. The van der Waals surface area contributed by atoms with Crippen molar-refractivity contribution in [1.82, 2.24) is 5.43 Å². The second-order valence-electron chi connectivity index (χ2n) is 4.31. The minimum atomic E-state index is -0.567. The van der Waals surface area contributed by atoms with Crippen LogP contribution in [0.4, 0.5) is 4.79 Å². The van der Waals surface area contributed by atoms with Crippen LogP contribution in [0.3, 0.4) is 0 Å². The summed E-state index contributed by atoms with van der Waals surface area (Å²) < 4.78 is 0. The van der Waals surface area contributed by atoms with Gasteiger partial charge in [0, 0.05) is 22.1 Å². The van der Waals surface area contributed by atoms with Crippen LogP contribution in [0.2, 0.25) is 0 Å². The predicted octanol–water partition coefficient (Wildman–Crippen LogP) is 1.70. The minimum absolute atomic E-state index is 0.567. The molecule has 2 fully saturated rings. The molecule has 0 aromatic rings. The summed E-state index contributed by atoms with van der Waals surface area (Å²) in [5.41, 5.74) is 8.53. The number of urea groups is 1. The highest BCUT2D eigenvalue weighted by atomic mass is 32.2. The number of carbonyl (C=O) groups excluding carboxylic acids is 1. The summed E-state index contributed by atoms with van der Waals surface area (Å²) in [5, 5.41) is 5.47. The summed E-state index contributed by atoms with van der Waals surface area (Å²) in [6, 6.07) is -0.567. The maximum absolute atomic E-state index is 10.6. The van der Waals surface area contributed by atoms with Gasteiger partial charge in [0.25, 0.3) is 0 Å². The van der Waals surface area contributed by atoms with Gasteiger partial charge in [0.05, 0.1) is 0 Å². The predicted molar refractivity (Wildman–Crippen MR) is 63.0 cm³/mol. The zero-order valence-corrected chi connectivity index (χ0v) is 9.72. The Labute approximate surface area is 94.1 Å². The summed E-state index contributed by atoms with van der Waals surface area (Å²) in [4.78, 5) is 10.6. The molecule has 0 aromatic heterocycles. The highest BCUT2D eigenvalue weighted by Crippen LogP contribution is 2.43. The van der Waals surface area contributed by atoms with E-state index in [1.807, 2.05) is 0 Å². The topological polar surface area (TPSA) is 67.5 Å². The van der Waals surface area contributed by atoms with Crippen LogP contribution in [0, 0.1) is 5.92 Å². The lowest BCUT2D eigenvalue weighted by molar-refractivity contribution is 0.249. The van der Waals surface area contributed by atoms with Gasteiger partial charge in [-0.2, -0.15) is 16.9 Å². The normalized spacial score (nSPS) is 37.7. The van der Waals surface area contributed by atoms with Gasteiger partial charge >= 0.3 is 6.03 Å². The molecule has 3 N–H and O–H groups in total. The first kappa shape index (κ1) is 10.8. The third-order valence-electron chi connectivity index (χ3n) is 3.09. The Morgan fingerprint density at radius 3 is 3.13 bits per heavy atom. The van der Waals surface area contributed by atoms with Gasteiger partial charge in [-0.1, -0.05) is 13.3 Å². The van der Waals surface area contributed by atoms with Gasteiger partial charge in [-0.15, -0.1) is 0 Å². The van der Waals surface area contributed by atoms with Crippen LogP contribution in [0.15, 0.2) is 5.10 Å². The average molecular weight is 227 g/mol. The fraction of sp³-hybridized carbons (Fsp3) is 0.800. The monoisotopic (exact) mass is 227 g/mol. The summed E-state index contributed by atoms with van der Waals surface area (Å²) in [6.07, 6.45) is 4.76. The van der Waals surface area contributed by atoms with Crippen molar-refractivity contribution >= 4 is 23.5 Å². The van der Waals surface area contributed by atoms with Crippen molar-refractivity contribution in [3.63, 3.8) is 0 Å². The Hall–Kier alpha value is -0.710. The first-order valence-electron chi connectivity index (χ1n) is 5.44. The van der Waals surface area contributed by atoms with Crippen molar-refractivity contribution in [1.29, 1.82) is 0 Å². The van der Waals surface area contributed by atoms with Crippen molar-refractivity contribution in [2.24, 2.45) is 16.8 Å². The van der Waals surface area contributed by atoms with E-state index < -0.39 is 6.03 Å². The van der Waals surface area contributed by atoms with Gasteiger partial charge < -0.3 is 5.73 Å². The number of carbonyl (C=O) groups is 1. The zero-order valence-electron chi connectivity index (χ0n) is 8.90. The maximum Gasteiger partial charge on any atom is 0.332 e. The number of amides is 2. The quantitative estimate of drug-likeness (QED) is 0.670. The molecular formula is C10H17N3OS. The third-order valence-corrected chi connectivity index (χ3v) is 4.64. The number of hydrogen-bond donors (Lipinski definition) is 2. The highest BCUT2D eigenvalue weighted by Gasteiger charge is 2.37. The SMILES string of the molecule is C[C@H]1CC(=NNC(N)=O)[C@H]2CCC[C@@H]2S1. The number of thioether (sulfide) groups is 1. The Balaban J connectivity index is 2.07. The van der Waals surface area contributed by atoms with Gasteiger partial charge in [-0.25, -0.2) is 10.2 Å². The van der Waals surface area contributed by atoms with Gasteiger partial charge in [0.2, 0.25) is 0 Å². The third kappa shape index (κ3) is 2.45. The van der Waals surface area contributed by atoms with Crippen molar-refractivity contribution in [2.45, 2.75) is 43.1 Å². The van der Waals surface area contributed by atoms with E-state index in [1.54, 1.807) is 0 Å². The summed E-state index contributed by atoms with van der Waals surface area (Å²) in [5.74, 6) is 0.568. The Morgan fingerprint density at radius 1 is 1.60 bits per heavy atom. The number of primary amides is 1. The lowest BCUT2D eigenvalue weighted by Gasteiger charge is -2.30. The van der Waals surface area contributed by atoms with E-state index in [2.05, 4.69) is 29.2 Å². The maximum atomic E-state index is 10.6. The molecule has 1 aliphatic heterocycles. The van der Waals surface area contributed by atoms with Crippen molar-refractivity contribution in [3.8, 4) is 0 Å². The molecule has 1 heterocycles. The fourth-order valence-electron chi connectivity index (χ4n) is 2.52. The number of hydrazone groups is 1. The van der Waals surface area contributed by atoms with Gasteiger partial charge in [-0.05, 0) is 19.3 Å². The highest BCUT2D eigenvalue weighted by molar-refractivity contribution is 8.00. The molecule has 5 heteroatoms. The minimum Gasteiger partial charge on any atom is -0.350 e. The van der Waals surface area contributed by atoms with Crippen LogP contribution in [0.25, 0.3) is 0 Å². The standard InChI is InChI=1S/C10H17N3OS/c1-6-5-8(12-13-10(11)14)7-3-2-4-9(7)15-6/h6-7,9H,2-5H2,1H3,(H3,11,13,14)/t6-,7+,9-/m0/s1. The molecule has 0 bridgehead atoms. The summed E-state index contributed by atoms with van der Waals surface area (Å²) in [6.45, 7) is 2.22. The largest absolute Gasteiger partial charge is 0.350 e. The van der Waals surface area contributed by atoms with Crippen LogP contribution in [0.5, 0.6) is 0 Å². The summed E-state index contributed by atoms with van der Waals surface area (Å²) in [7, 11) is 0. The van der Waals surface area contributed by atoms with E-state index in [-0.39, 0.29) is 0 Å². The number of nitrogens with zero attached hydrogens (tertiary/aromatic N) is 1. The summed E-state index contributed by atoms with van der Waals surface area (Å²) >= 11 is 2.07. The Morgan fingerprint density at radius 2 is 2.40 bits per heavy atom. The van der Waals surface area contributed by atoms with E-state index in [0.29, 0.717) is 16.4 Å². The first-order valence-corrected chi connectivity index (χ1v) is 6.38. The molecular weight excluding hydrogens is 210 g/mol. The average Bonchev–Trinajstić information content (AvgIpc) is 2.61. The molecule has 4 nitrogen and oxygen atoms in total. The number of fused-ring (bicyclic) bond motifs is 1.